The molecule has 1 aliphatic rings. The van der Waals surface area contributed by atoms with Gasteiger partial charge in [-0.2, -0.15) is 0 Å². The van der Waals surface area contributed by atoms with Gasteiger partial charge in [-0.1, -0.05) is 62.6 Å². The standard InChI is InChI=1S/C26H46NO10P/c1-3-21(23(36-2)18-25(30)31)22(29)13-14-26(32,15-16-27)24(37-38(33,34)35)17-20(28)12-8-7-11-19-9-5-4-6-10-19/h7-8,11-14,19-24,28-29,32H,3-6,9-10,15-18,27H2,1-2H3,(H,30,31)(H2,33,34,35)/b11-7-,12-8-,14-13+/t20-,21-,22-,23?,24+,26-/m0/s1. The Morgan fingerprint density at radius 3 is 2.34 bits per heavy atom. The average Bonchev–Trinajstić information content (AvgIpc) is 2.84. The predicted molar refractivity (Wildman–Crippen MR) is 143 cm³/mol. The Morgan fingerprint density at radius 1 is 1.16 bits per heavy atom. The van der Waals surface area contributed by atoms with Crippen molar-refractivity contribution in [2.45, 2.75) is 94.7 Å². The Balaban J connectivity index is 3.08. The minimum atomic E-state index is -5.09. The summed E-state index contributed by atoms with van der Waals surface area (Å²) in [6, 6.07) is 0. The van der Waals surface area contributed by atoms with Crippen LogP contribution in [0.4, 0.5) is 0 Å². The van der Waals surface area contributed by atoms with Gasteiger partial charge in [0.2, 0.25) is 0 Å². The van der Waals surface area contributed by atoms with Crippen molar-refractivity contribution in [2.75, 3.05) is 13.7 Å². The van der Waals surface area contributed by atoms with Crippen LogP contribution in [0.25, 0.3) is 0 Å². The van der Waals surface area contributed by atoms with Gasteiger partial charge in [0.05, 0.1) is 24.7 Å². The van der Waals surface area contributed by atoms with E-state index in [1.165, 1.54) is 38.5 Å². The normalized spacial score (nSPS) is 21.5. The number of hydrogen-bond donors (Lipinski definition) is 7. The van der Waals surface area contributed by atoms with E-state index >= 15 is 0 Å². The molecular formula is C26H46NO10P. The van der Waals surface area contributed by atoms with E-state index in [0.717, 1.165) is 18.9 Å². The van der Waals surface area contributed by atoms with Gasteiger partial charge in [0.25, 0.3) is 0 Å². The Labute approximate surface area is 225 Å². The molecule has 0 amide bonds. The number of nitrogens with two attached hydrogens (primary N) is 1. The summed E-state index contributed by atoms with van der Waals surface area (Å²) < 4.78 is 21.8. The van der Waals surface area contributed by atoms with E-state index in [0.29, 0.717) is 12.3 Å². The molecular weight excluding hydrogens is 517 g/mol. The first-order valence-electron chi connectivity index (χ1n) is 13.2. The van der Waals surface area contributed by atoms with Gasteiger partial charge in [0.15, 0.2) is 0 Å². The molecule has 0 aromatic rings. The van der Waals surface area contributed by atoms with Gasteiger partial charge in [-0.15, -0.1) is 0 Å². The number of aliphatic hydroxyl groups is 3. The molecule has 1 aliphatic carbocycles. The second kappa shape index (κ2) is 17.3. The summed E-state index contributed by atoms with van der Waals surface area (Å²) in [6.45, 7) is 1.65. The number of phosphoric acid groups is 1. The lowest BCUT2D eigenvalue weighted by atomic mass is 9.85. The number of aliphatic carboxylic acids is 1. The summed E-state index contributed by atoms with van der Waals surface area (Å²) in [5.74, 6) is -1.25. The molecule has 0 heterocycles. The molecule has 0 radical (unpaired) electrons. The van der Waals surface area contributed by atoms with Crippen LogP contribution >= 0.6 is 7.82 Å². The van der Waals surface area contributed by atoms with Crippen molar-refractivity contribution < 1.29 is 48.8 Å². The topological polar surface area (TPSA) is 200 Å². The molecule has 12 heteroatoms. The van der Waals surface area contributed by atoms with E-state index in [9.17, 15) is 34.5 Å². The van der Waals surface area contributed by atoms with Crippen LogP contribution in [-0.2, 0) is 18.6 Å². The lowest BCUT2D eigenvalue weighted by Crippen LogP contribution is -2.45. The average molecular weight is 564 g/mol. The predicted octanol–water partition coefficient (Wildman–Crippen LogP) is 2.42. The lowest BCUT2D eigenvalue weighted by Gasteiger charge is -2.35. The number of carboxylic acids is 1. The van der Waals surface area contributed by atoms with E-state index in [4.69, 9.17) is 20.1 Å². The molecule has 6 atom stereocenters. The van der Waals surface area contributed by atoms with Crippen molar-refractivity contribution in [1.29, 1.82) is 0 Å². The second-order valence-electron chi connectivity index (χ2n) is 9.88. The molecule has 220 valence electrons. The van der Waals surface area contributed by atoms with Gasteiger partial charge in [-0.05, 0) is 38.1 Å². The maximum Gasteiger partial charge on any atom is 0.469 e. The number of hydrogen-bond acceptors (Lipinski definition) is 8. The fraction of sp³-hybridized carbons (Fsp3) is 0.731. The first kappa shape index (κ1) is 34.6. The SMILES string of the molecule is CC[C@H](C(CC(=O)O)OC)[C@@H](O)/C=C/[C@](O)(CCN)[C@@H](C[C@@H](O)/C=C\C=C/C1CCCCC1)OP(=O)(O)O. The third-order valence-corrected chi connectivity index (χ3v) is 7.48. The van der Waals surface area contributed by atoms with Crippen molar-refractivity contribution in [1.82, 2.24) is 0 Å². The van der Waals surface area contributed by atoms with Crippen LogP contribution in [0.2, 0.25) is 0 Å². The Kier molecular flexibility index (Phi) is 15.8. The van der Waals surface area contributed by atoms with E-state index in [1.807, 2.05) is 6.08 Å². The quantitative estimate of drug-likeness (QED) is 0.0734. The van der Waals surface area contributed by atoms with Crippen LogP contribution in [0.1, 0.15) is 64.7 Å². The molecule has 1 saturated carbocycles. The monoisotopic (exact) mass is 563 g/mol. The summed E-state index contributed by atoms with van der Waals surface area (Å²) in [5.41, 5.74) is 3.60. The second-order valence-corrected chi connectivity index (χ2v) is 11.1. The molecule has 0 bridgehead atoms. The first-order chi connectivity index (χ1) is 17.8. The third kappa shape index (κ3) is 13.1. The van der Waals surface area contributed by atoms with Gasteiger partial charge in [0.1, 0.15) is 11.7 Å². The number of aliphatic hydroxyl groups excluding tert-OH is 2. The Hall–Kier alpha value is -1.40. The number of rotatable bonds is 18. The highest BCUT2D eigenvalue weighted by atomic mass is 31.2. The zero-order valence-corrected chi connectivity index (χ0v) is 23.2. The summed E-state index contributed by atoms with van der Waals surface area (Å²) in [7, 11) is -3.75. The molecule has 1 fully saturated rings. The smallest absolute Gasteiger partial charge is 0.469 e. The van der Waals surface area contributed by atoms with Crippen molar-refractivity contribution in [2.24, 2.45) is 17.6 Å². The van der Waals surface area contributed by atoms with E-state index in [1.54, 1.807) is 13.0 Å². The van der Waals surface area contributed by atoms with Crippen molar-refractivity contribution in [3.05, 3.63) is 36.5 Å². The minimum Gasteiger partial charge on any atom is -0.481 e. The van der Waals surface area contributed by atoms with Crippen LogP contribution in [0.5, 0.6) is 0 Å². The summed E-state index contributed by atoms with van der Waals surface area (Å²) in [4.78, 5) is 30.1. The Bertz CT molecular complexity index is 823. The number of allylic oxidation sites excluding steroid dienone is 3. The molecule has 0 spiro atoms. The van der Waals surface area contributed by atoms with Crippen LogP contribution in [0, 0.1) is 11.8 Å². The zero-order valence-electron chi connectivity index (χ0n) is 22.3. The summed E-state index contributed by atoms with van der Waals surface area (Å²) >= 11 is 0. The Morgan fingerprint density at radius 2 is 1.82 bits per heavy atom. The largest absolute Gasteiger partial charge is 0.481 e. The molecule has 0 aromatic carbocycles. The summed E-state index contributed by atoms with van der Waals surface area (Å²) in [6.07, 6.45) is 9.81. The number of carboxylic acid groups (broad SMARTS) is 1. The number of ether oxygens (including phenoxy) is 1. The fourth-order valence-corrected chi connectivity index (χ4v) is 5.44. The maximum atomic E-state index is 11.7. The molecule has 8 N–H and O–H groups in total. The maximum absolute atomic E-state index is 11.7. The van der Waals surface area contributed by atoms with Crippen LogP contribution < -0.4 is 5.73 Å². The van der Waals surface area contributed by atoms with Crippen LogP contribution in [-0.4, -0.2) is 79.9 Å². The number of phosphoric ester groups is 1. The van der Waals surface area contributed by atoms with Gasteiger partial charge >= 0.3 is 13.8 Å². The van der Waals surface area contributed by atoms with Crippen molar-refractivity contribution in [3.63, 3.8) is 0 Å². The van der Waals surface area contributed by atoms with E-state index in [2.05, 4.69) is 6.08 Å². The van der Waals surface area contributed by atoms with E-state index in [-0.39, 0.29) is 25.8 Å². The van der Waals surface area contributed by atoms with Crippen molar-refractivity contribution in [3.8, 4) is 0 Å². The molecule has 1 rings (SSSR count). The highest BCUT2D eigenvalue weighted by Gasteiger charge is 2.40. The van der Waals surface area contributed by atoms with Crippen molar-refractivity contribution >= 4 is 13.8 Å². The lowest BCUT2D eigenvalue weighted by molar-refractivity contribution is -0.141. The third-order valence-electron chi connectivity index (χ3n) is 6.95. The minimum absolute atomic E-state index is 0.0923. The molecule has 11 nitrogen and oxygen atoms in total. The van der Waals surface area contributed by atoms with Gasteiger partial charge in [0, 0.05) is 19.4 Å². The van der Waals surface area contributed by atoms with Gasteiger partial charge in [-0.3, -0.25) is 9.32 Å². The highest BCUT2D eigenvalue weighted by Crippen LogP contribution is 2.42. The molecule has 1 unspecified atom stereocenters. The molecule has 38 heavy (non-hydrogen) atoms. The highest BCUT2D eigenvalue weighted by molar-refractivity contribution is 7.46. The van der Waals surface area contributed by atoms with Gasteiger partial charge < -0.3 is 40.7 Å². The zero-order chi connectivity index (χ0) is 28.8. The fourth-order valence-electron chi connectivity index (χ4n) is 4.84. The molecule has 0 aromatic heterocycles. The summed E-state index contributed by atoms with van der Waals surface area (Å²) in [5, 5.41) is 41.7. The molecule has 0 saturated heterocycles. The number of carbonyl (C=O) groups is 1. The van der Waals surface area contributed by atoms with Gasteiger partial charge in [-0.25, -0.2) is 4.57 Å². The van der Waals surface area contributed by atoms with Crippen LogP contribution in [0.3, 0.4) is 0 Å². The van der Waals surface area contributed by atoms with E-state index < -0.39 is 49.7 Å². The first-order valence-corrected chi connectivity index (χ1v) is 14.7. The number of methoxy groups -OCH3 is 1. The molecule has 0 aliphatic heterocycles. The van der Waals surface area contributed by atoms with Crippen LogP contribution in [0.15, 0.2) is 36.5 Å².